The second-order valence-corrected chi connectivity index (χ2v) is 4.76. The van der Waals surface area contributed by atoms with Gasteiger partial charge in [-0.1, -0.05) is 13.0 Å². The van der Waals surface area contributed by atoms with Gasteiger partial charge in [-0.3, -0.25) is 4.68 Å². The van der Waals surface area contributed by atoms with Gasteiger partial charge in [0.2, 0.25) is 0 Å². The minimum atomic E-state index is -0.280. The number of nitrogens with zero attached hydrogens (tertiary/aromatic N) is 3. The summed E-state index contributed by atoms with van der Waals surface area (Å²) in [6.45, 7) is 2.76. The second kappa shape index (κ2) is 5.58. The number of nitrogens with one attached hydrogen (secondary N) is 1. The Morgan fingerprint density at radius 3 is 2.83 bits per heavy atom. The molecule has 96 valence electrons. The molecule has 1 heterocycles. The van der Waals surface area contributed by atoms with E-state index in [1.807, 2.05) is 20.0 Å². The highest BCUT2D eigenvalue weighted by Gasteiger charge is 2.18. The fourth-order valence-corrected chi connectivity index (χ4v) is 2.07. The van der Waals surface area contributed by atoms with E-state index in [1.165, 1.54) is 12.4 Å². The molecule has 4 nitrogen and oxygen atoms in total. The van der Waals surface area contributed by atoms with Crippen LogP contribution in [0.15, 0.2) is 29.0 Å². The molecule has 1 aromatic carbocycles. The Morgan fingerprint density at radius 1 is 1.50 bits per heavy atom. The number of hydrogen-bond acceptors (Lipinski definition) is 3. The number of aromatic nitrogens is 3. The highest BCUT2D eigenvalue weighted by Crippen LogP contribution is 2.24. The molecular formula is C12H14BrFN4. The molecule has 0 spiro atoms. The third-order valence-corrected chi connectivity index (χ3v) is 3.33. The van der Waals surface area contributed by atoms with E-state index in [4.69, 9.17) is 0 Å². The van der Waals surface area contributed by atoms with Crippen molar-refractivity contribution in [3.05, 3.63) is 46.2 Å². The highest BCUT2D eigenvalue weighted by atomic mass is 79.9. The molecule has 1 unspecified atom stereocenters. The lowest BCUT2D eigenvalue weighted by molar-refractivity contribution is 0.552. The number of hydrogen-bond donors (Lipinski definition) is 1. The molecule has 6 heteroatoms. The van der Waals surface area contributed by atoms with Crippen molar-refractivity contribution in [3.63, 3.8) is 0 Å². The predicted octanol–water partition coefficient (Wildman–Crippen LogP) is 2.42. The Kier molecular flexibility index (Phi) is 4.08. The van der Waals surface area contributed by atoms with Crippen LogP contribution in [0, 0.1) is 5.82 Å². The zero-order valence-electron chi connectivity index (χ0n) is 10.2. The molecular weight excluding hydrogens is 299 g/mol. The van der Waals surface area contributed by atoms with E-state index >= 15 is 0 Å². The molecule has 18 heavy (non-hydrogen) atoms. The van der Waals surface area contributed by atoms with Crippen LogP contribution in [-0.2, 0) is 7.05 Å². The van der Waals surface area contributed by atoms with E-state index in [0.29, 0.717) is 4.47 Å². The second-order valence-electron chi connectivity index (χ2n) is 3.91. The fraction of sp³-hybridized carbons (Fsp3) is 0.333. The van der Waals surface area contributed by atoms with E-state index in [0.717, 1.165) is 17.9 Å². The molecule has 0 aliphatic rings. The molecule has 0 saturated heterocycles. The summed E-state index contributed by atoms with van der Waals surface area (Å²) in [4.78, 5) is 4.22. The first kappa shape index (κ1) is 13.2. The van der Waals surface area contributed by atoms with Gasteiger partial charge in [0.1, 0.15) is 18.0 Å². The van der Waals surface area contributed by atoms with Gasteiger partial charge in [0, 0.05) is 7.05 Å². The number of rotatable bonds is 4. The van der Waals surface area contributed by atoms with Gasteiger partial charge in [0.25, 0.3) is 0 Å². The molecule has 0 aliphatic carbocycles. The Labute approximate surface area is 113 Å². The quantitative estimate of drug-likeness (QED) is 0.943. The summed E-state index contributed by atoms with van der Waals surface area (Å²) in [5.74, 6) is 0.483. The van der Waals surface area contributed by atoms with Gasteiger partial charge in [0.05, 0.1) is 10.5 Å². The minimum Gasteiger partial charge on any atom is -0.304 e. The molecule has 0 saturated carbocycles. The molecule has 1 atom stereocenters. The highest BCUT2D eigenvalue weighted by molar-refractivity contribution is 9.10. The standard InChI is InChI=1S/C12H14BrFN4/c1-3-15-11(12-16-7-17-18(12)2)8-4-5-9(13)10(14)6-8/h4-7,11,15H,3H2,1-2H3. The maximum Gasteiger partial charge on any atom is 0.148 e. The molecule has 1 aromatic heterocycles. The van der Waals surface area contributed by atoms with Gasteiger partial charge in [-0.2, -0.15) is 5.10 Å². The van der Waals surface area contributed by atoms with Crippen LogP contribution < -0.4 is 5.32 Å². The summed E-state index contributed by atoms with van der Waals surface area (Å²) < 4.78 is 15.8. The summed E-state index contributed by atoms with van der Waals surface area (Å²) in [7, 11) is 1.82. The maximum atomic E-state index is 13.6. The molecule has 0 bridgehead atoms. The van der Waals surface area contributed by atoms with E-state index in [1.54, 1.807) is 10.7 Å². The summed E-state index contributed by atoms with van der Waals surface area (Å²) in [5.41, 5.74) is 0.827. The van der Waals surface area contributed by atoms with Crippen molar-refractivity contribution >= 4 is 15.9 Å². The van der Waals surface area contributed by atoms with E-state index in [-0.39, 0.29) is 11.9 Å². The van der Waals surface area contributed by atoms with Crippen LogP contribution in [0.1, 0.15) is 24.4 Å². The Balaban J connectivity index is 2.41. The van der Waals surface area contributed by atoms with Crippen molar-refractivity contribution in [1.82, 2.24) is 20.1 Å². The van der Waals surface area contributed by atoms with E-state index < -0.39 is 0 Å². The Morgan fingerprint density at radius 2 is 2.28 bits per heavy atom. The van der Waals surface area contributed by atoms with Crippen LogP contribution in [-0.4, -0.2) is 21.3 Å². The fourth-order valence-electron chi connectivity index (χ4n) is 1.82. The van der Waals surface area contributed by atoms with E-state index in [2.05, 4.69) is 31.3 Å². The Hall–Kier alpha value is -1.27. The summed E-state index contributed by atoms with van der Waals surface area (Å²) >= 11 is 3.15. The molecule has 0 amide bonds. The maximum absolute atomic E-state index is 13.6. The molecule has 2 aromatic rings. The lowest BCUT2D eigenvalue weighted by Crippen LogP contribution is -2.25. The van der Waals surface area contributed by atoms with Gasteiger partial charge < -0.3 is 5.32 Å². The van der Waals surface area contributed by atoms with Crippen molar-refractivity contribution in [1.29, 1.82) is 0 Å². The van der Waals surface area contributed by atoms with Crippen molar-refractivity contribution in [2.45, 2.75) is 13.0 Å². The lowest BCUT2D eigenvalue weighted by Gasteiger charge is -2.17. The van der Waals surface area contributed by atoms with Crippen LogP contribution in [0.3, 0.4) is 0 Å². The lowest BCUT2D eigenvalue weighted by atomic mass is 10.1. The van der Waals surface area contributed by atoms with Crippen LogP contribution in [0.25, 0.3) is 0 Å². The summed E-state index contributed by atoms with van der Waals surface area (Å²) in [6.07, 6.45) is 1.49. The molecule has 0 radical (unpaired) electrons. The van der Waals surface area contributed by atoms with Crippen molar-refractivity contribution < 1.29 is 4.39 Å². The van der Waals surface area contributed by atoms with Gasteiger partial charge in [-0.25, -0.2) is 9.37 Å². The Bertz CT molecular complexity index is 541. The smallest absolute Gasteiger partial charge is 0.148 e. The average Bonchev–Trinajstić information content (AvgIpc) is 2.76. The monoisotopic (exact) mass is 312 g/mol. The third-order valence-electron chi connectivity index (χ3n) is 2.69. The summed E-state index contributed by atoms with van der Waals surface area (Å²) in [5, 5.41) is 7.33. The molecule has 0 aliphatic heterocycles. The molecule has 1 N–H and O–H groups in total. The predicted molar refractivity (Wildman–Crippen MR) is 70.6 cm³/mol. The van der Waals surface area contributed by atoms with Crippen LogP contribution in [0.5, 0.6) is 0 Å². The molecule has 0 fully saturated rings. The van der Waals surface area contributed by atoms with Crippen molar-refractivity contribution in [3.8, 4) is 0 Å². The van der Waals surface area contributed by atoms with E-state index in [9.17, 15) is 4.39 Å². The molecule has 2 rings (SSSR count). The van der Waals surface area contributed by atoms with Crippen LogP contribution in [0.2, 0.25) is 0 Å². The summed E-state index contributed by atoms with van der Waals surface area (Å²) in [6, 6.07) is 4.91. The minimum absolute atomic E-state index is 0.162. The van der Waals surface area contributed by atoms with Gasteiger partial charge in [-0.15, -0.1) is 0 Å². The van der Waals surface area contributed by atoms with Gasteiger partial charge in [-0.05, 0) is 40.2 Å². The number of halogens is 2. The first-order chi connectivity index (χ1) is 8.63. The zero-order valence-corrected chi connectivity index (χ0v) is 11.8. The third kappa shape index (κ3) is 2.59. The van der Waals surface area contributed by atoms with Crippen molar-refractivity contribution in [2.75, 3.05) is 6.54 Å². The normalized spacial score (nSPS) is 12.7. The first-order valence-corrected chi connectivity index (χ1v) is 6.45. The largest absolute Gasteiger partial charge is 0.304 e. The first-order valence-electron chi connectivity index (χ1n) is 5.65. The number of benzene rings is 1. The van der Waals surface area contributed by atoms with Crippen LogP contribution in [0.4, 0.5) is 4.39 Å². The zero-order chi connectivity index (χ0) is 13.1. The van der Waals surface area contributed by atoms with Crippen LogP contribution >= 0.6 is 15.9 Å². The van der Waals surface area contributed by atoms with Crippen molar-refractivity contribution in [2.24, 2.45) is 7.05 Å². The topological polar surface area (TPSA) is 42.7 Å². The SMILES string of the molecule is CCNC(c1ccc(Br)c(F)c1)c1ncnn1C. The van der Waals surface area contributed by atoms with Gasteiger partial charge in [0.15, 0.2) is 0 Å². The average molecular weight is 313 g/mol. The van der Waals surface area contributed by atoms with Gasteiger partial charge >= 0.3 is 0 Å². The number of aryl methyl sites for hydroxylation is 1.